The maximum Gasteiger partial charge on any atom is 0.254 e. The first-order valence-electron chi connectivity index (χ1n) is 7.72. The first kappa shape index (κ1) is 14.8. The molecule has 116 valence electrons. The Labute approximate surface area is 130 Å². The van der Waals surface area contributed by atoms with E-state index in [1.54, 1.807) is 17.1 Å². The summed E-state index contributed by atoms with van der Waals surface area (Å²) < 4.78 is 1.74. The van der Waals surface area contributed by atoms with E-state index < -0.39 is 5.60 Å². The molecule has 2 aromatic rings. The van der Waals surface area contributed by atoms with E-state index in [0.717, 1.165) is 31.2 Å². The van der Waals surface area contributed by atoms with Crippen LogP contribution < -0.4 is 5.32 Å². The Morgan fingerprint density at radius 3 is 2.73 bits per heavy atom. The number of nitrogens with one attached hydrogen (secondary N) is 1. The normalized spacial score (nSPS) is 16.6. The van der Waals surface area contributed by atoms with Gasteiger partial charge in [-0.3, -0.25) is 9.48 Å². The lowest BCUT2D eigenvalue weighted by Gasteiger charge is -2.22. The molecule has 1 amide bonds. The topological polar surface area (TPSA) is 67.2 Å². The quantitative estimate of drug-likeness (QED) is 0.887. The third kappa shape index (κ3) is 3.54. The molecule has 0 unspecified atom stereocenters. The fourth-order valence-corrected chi connectivity index (χ4v) is 2.89. The highest BCUT2D eigenvalue weighted by atomic mass is 16.3. The van der Waals surface area contributed by atoms with Crippen molar-refractivity contribution in [2.45, 2.75) is 37.8 Å². The smallest absolute Gasteiger partial charge is 0.254 e. The minimum absolute atomic E-state index is 0.181. The SMILES string of the molecule is O=C(NCC1(O)CCCC1)c1cnn(Cc2ccccc2)c1. The van der Waals surface area contributed by atoms with Crippen molar-refractivity contribution in [3.63, 3.8) is 0 Å². The largest absolute Gasteiger partial charge is 0.388 e. The van der Waals surface area contributed by atoms with E-state index in [9.17, 15) is 9.90 Å². The number of hydrogen-bond acceptors (Lipinski definition) is 3. The van der Waals surface area contributed by atoms with Crippen LogP contribution in [-0.4, -0.2) is 32.9 Å². The first-order chi connectivity index (χ1) is 10.6. The molecule has 1 aliphatic carbocycles. The lowest BCUT2D eigenvalue weighted by Crippen LogP contribution is -2.40. The van der Waals surface area contributed by atoms with Crippen molar-refractivity contribution in [1.82, 2.24) is 15.1 Å². The van der Waals surface area contributed by atoms with Crippen LogP contribution in [0.5, 0.6) is 0 Å². The van der Waals surface area contributed by atoms with Crippen LogP contribution >= 0.6 is 0 Å². The molecule has 0 bridgehead atoms. The summed E-state index contributed by atoms with van der Waals surface area (Å²) in [6.07, 6.45) is 6.89. The van der Waals surface area contributed by atoms with E-state index in [2.05, 4.69) is 10.4 Å². The van der Waals surface area contributed by atoms with Gasteiger partial charge in [-0.25, -0.2) is 0 Å². The predicted octanol–water partition coefficient (Wildman–Crippen LogP) is 1.97. The fraction of sp³-hybridized carbons (Fsp3) is 0.412. The number of aromatic nitrogens is 2. The molecule has 2 N–H and O–H groups in total. The van der Waals surface area contributed by atoms with Gasteiger partial charge in [0.25, 0.3) is 5.91 Å². The maximum absolute atomic E-state index is 12.1. The third-order valence-electron chi connectivity index (χ3n) is 4.20. The summed E-state index contributed by atoms with van der Waals surface area (Å²) in [6, 6.07) is 9.98. The molecule has 1 heterocycles. The van der Waals surface area contributed by atoms with Crippen LogP contribution in [0.15, 0.2) is 42.7 Å². The zero-order chi connectivity index (χ0) is 15.4. The summed E-state index contributed by atoms with van der Waals surface area (Å²) in [4.78, 5) is 12.1. The summed E-state index contributed by atoms with van der Waals surface area (Å²) in [5.41, 5.74) is 0.936. The van der Waals surface area contributed by atoms with E-state index in [-0.39, 0.29) is 5.91 Å². The van der Waals surface area contributed by atoms with Crippen molar-refractivity contribution in [2.24, 2.45) is 0 Å². The maximum atomic E-state index is 12.1. The molecule has 0 radical (unpaired) electrons. The van der Waals surface area contributed by atoms with Crippen LogP contribution in [0.1, 0.15) is 41.6 Å². The number of carbonyl (C=O) groups excluding carboxylic acids is 1. The average molecular weight is 299 g/mol. The Kier molecular flexibility index (Phi) is 4.24. The van der Waals surface area contributed by atoms with Crippen LogP contribution in [0.4, 0.5) is 0 Å². The molecule has 1 fully saturated rings. The van der Waals surface area contributed by atoms with Crippen LogP contribution in [-0.2, 0) is 6.54 Å². The van der Waals surface area contributed by atoms with Crippen molar-refractivity contribution < 1.29 is 9.90 Å². The van der Waals surface area contributed by atoms with E-state index >= 15 is 0 Å². The second kappa shape index (κ2) is 6.32. The van der Waals surface area contributed by atoms with Gasteiger partial charge in [0.1, 0.15) is 0 Å². The van der Waals surface area contributed by atoms with Crippen molar-refractivity contribution in [1.29, 1.82) is 0 Å². The molecule has 1 aromatic heterocycles. The van der Waals surface area contributed by atoms with Crippen molar-refractivity contribution >= 4 is 5.91 Å². The lowest BCUT2D eigenvalue weighted by atomic mass is 10.0. The van der Waals surface area contributed by atoms with Gasteiger partial charge in [-0.15, -0.1) is 0 Å². The molecular formula is C17H21N3O2. The number of carbonyl (C=O) groups is 1. The summed E-state index contributed by atoms with van der Waals surface area (Å²) in [5, 5.41) is 17.3. The van der Waals surface area contributed by atoms with Gasteiger partial charge in [0.2, 0.25) is 0 Å². The fourth-order valence-electron chi connectivity index (χ4n) is 2.89. The zero-order valence-corrected chi connectivity index (χ0v) is 12.5. The Bertz CT molecular complexity index is 630. The molecule has 1 aliphatic rings. The van der Waals surface area contributed by atoms with Crippen LogP contribution in [0.2, 0.25) is 0 Å². The summed E-state index contributed by atoms with van der Waals surface area (Å²) in [7, 11) is 0. The summed E-state index contributed by atoms with van der Waals surface area (Å²) in [5.74, 6) is -0.181. The lowest BCUT2D eigenvalue weighted by molar-refractivity contribution is 0.0449. The van der Waals surface area contributed by atoms with Crippen molar-refractivity contribution in [2.75, 3.05) is 6.54 Å². The number of aliphatic hydroxyl groups is 1. The molecule has 5 nitrogen and oxygen atoms in total. The van der Waals surface area contributed by atoms with Gasteiger partial charge >= 0.3 is 0 Å². The number of hydrogen-bond donors (Lipinski definition) is 2. The highest BCUT2D eigenvalue weighted by Crippen LogP contribution is 2.28. The highest BCUT2D eigenvalue weighted by molar-refractivity contribution is 5.93. The second-order valence-corrected chi connectivity index (χ2v) is 6.03. The molecule has 0 saturated heterocycles. The van der Waals surface area contributed by atoms with Crippen molar-refractivity contribution in [3.8, 4) is 0 Å². The Morgan fingerprint density at radius 2 is 2.00 bits per heavy atom. The minimum Gasteiger partial charge on any atom is -0.388 e. The summed E-state index contributed by atoms with van der Waals surface area (Å²) >= 11 is 0. The molecule has 0 spiro atoms. The van der Waals surface area contributed by atoms with Gasteiger partial charge in [0.15, 0.2) is 0 Å². The molecule has 3 rings (SSSR count). The van der Waals surface area contributed by atoms with Gasteiger partial charge in [-0.05, 0) is 18.4 Å². The highest BCUT2D eigenvalue weighted by Gasteiger charge is 2.31. The summed E-state index contributed by atoms with van der Waals surface area (Å²) in [6.45, 7) is 0.952. The Morgan fingerprint density at radius 1 is 1.27 bits per heavy atom. The first-order valence-corrected chi connectivity index (χ1v) is 7.72. The van der Waals surface area contributed by atoms with E-state index in [1.165, 1.54) is 0 Å². The third-order valence-corrected chi connectivity index (χ3v) is 4.20. The standard InChI is InChI=1S/C17H21N3O2/c21-16(18-13-17(22)8-4-5-9-17)15-10-19-20(12-15)11-14-6-2-1-3-7-14/h1-3,6-7,10,12,22H,4-5,8-9,11,13H2,(H,18,21). The molecule has 0 atom stereocenters. The number of nitrogens with zero attached hydrogens (tertiary/aromatic N) is 2. The minimum atomic E-state index is -0.726. The molecule has 1 saturated carbocycles. The average Bonchev–Trinajstić information content (AvgIpc) is 3.16. The van der Waals surface area contributed by atoms with E-state index in [0.29, 0.717) is 18.7 Å². The van der Waals surface area contributed by atoms with Gasteiger partial charge in [-0.1, -0.05) is 43.2 Å². The molecule has 5 heteroatoms. The van der Waals surface area contributed by atoms with E-state index in [4.69, 9.17) is 0 Å². The second-order valence-electron chi connectivity index (χ2n) is 6.03. The van der Waals surface area contributed by atoms with Crippen molar-refractivity contribution in [3.05, 3.63) is 53.9 Å². The molecule has 0 aliphatic heterocycles. The number of rotatable bonds is 5. The van der Waals surface area contributed by atoms with Gasteiger partial charge in [0, 0.05) is 12.7 Å². The molecule has 22 heavy (non-hydrogen) atoms. The van der Waals surface area contributed by atoms with E-state index in [1.807, 2.05) is 30.3 Å². The van der Waals surface area contributed by atoms with Gasteiger partial charge in [-0.2, -0.15) is 5.10 Å². The Hall–Kier alpha value is -2.14. The van der Waals surface area contributed by atoms with Gasteiger partial charge in [0.05, 0.1) is 23.9 Å². The predicted molar refractivity (Wildman–Crippen MR) is 83.5 cm³/mol. The number of benzene rings is 1. The number of amides is 1. The molecule has 1 aromatic carbocycles. The zero-order valence-electron chi connectivity index (χ0n) is 12.5. The Balaban J connectivity index is 1.57. The monoisotopic (exact) mass is 299 g/mol. The van der Waals surface area contributed by atoms with Crippen LogP contribution in [0.3, 0.4) is 0 Å². The van der Waals surface area contributed by atoms with Crippen LogP contribution in [0, 0.1) is 0 Å². The van der Waals surface area contributed by atoms with Crippen LogP contribution in [0.25, 0.3) is 0 Å². The molecular weight excluding hydrogens is 278 g/mol. The van der Waals surface area contributed by atoms with Gasteiger partial charge < -0.3 is 10.4 Å².